The highest BCUT2D eigenvalue weighted by atomic mass is 16.5. The van der Waals surface area contributed by atoms with Crippen molar-refractivity contribution in [3.63, 3.8) is 0 Å². The zero-order valence-corrected chi connectivity index (χ0v) is 22.1. The van der Waals surface area contributed by atoms with Crippen LogP contribution in [0.1, 0.15) is 149 Å². The second-order valence-electron chi connectivity index (χ2n) is 9.92. The summed E-state index contributed by atoms with van der Waals surface area (Å²) in [4.78, 5) is 11.1. The SMILES string of the molecule is CCCCCCCC[N+]([O-])(CCCCCCCC)CCCCCCCCCCC(=O)OC. The maximum Gasteiger partial charge on any atom is 0.305 e. The van der Waals surface area contributed by atoms with Crippen molar-refractivity contribution >= 4 is 5.97 Å². The van der Waals surface area contributed by atoms with Gasteiger partial charge in [-0.2, -0.15) is 0 Å². The van der Waals surface area contributed by atoms with E-state index in [-0.39, 0.29) is 10.6 Å². The third kappa shape index (κ3) is 21.2. The highest BCUT2D eigenvalue weighted by Gasteiger charge is 2.16. The molecule has 0 aliphatic rings. The maximum atomic E-state index is 13.5. The summed E-state index contributed by atoms with van der Waals surface area (Å²) in [6, 6.07) is 0. The molecule has 0 fully saturated rings. The summed E-state index contributed by atoms with van der Waals surface area (Å²) in [6.07, 6.45) is 25.0. The van der Waals surface area contributed by atoms with Gasteiger partial charge >= 0.3 is 5.97 Å². The predicted molar refractivity (Wildman–Crippen MR) is 139 cm³/mol. The van der Waals surface area contributed by atoms with Crippen molar-refractivity contribution in [2.75, 3.05) is 26.7 Å². The number of hydrogen-bond donors (Lipinski definition) is 0. The van der Waals surface area contributed by atoms with Crippen LogP contribution in [0, 0.1) is 5.21 Å². The molecule has 4 nitrogen and oxygen atoms in total. The Morgan fingerprint density at radius 3 is 1.22 bits per heavy atom. The molecule has 0 amide bonds. The van der Waals surface area contributed by atoms with Crippen molar-refractivity contribution in [3.05, 3.63) is 5.21 Å². The fourth-order valence-electron chi connectivity index (χ4n) is 4.53. The van der Waals surface area contributed by atoms with Crippen molar-refractivity contribution in [2.45, 2.75) is 149 Å². The Balaban J connectivity index is 3.97. The van der Waals surface area contributed by atoms with Crippen molar-refractivity contribution in [1.82, 2.24) is 0 Å². The third-order valence-corrected chi connectivity index (χ3v) is 6.76. The van der Waals surface area contributed by atoms with Gasteiger partial charge in [-0.25, -0.2) is 0 Å². The van der Waals surface area contributed by atoms with E-state index in [1.165, 1.54) is 103 Å². The first-order valence-electron chi connectivity index (χ1n) is 14.2. The molecule has 0 radical (unpaired) electrons. The number of carbonyl (C=O) groups excluding carboxylic acids is 1. The van der Waals surface area contributed by atoms with Crippen molar-refractivity contribution in [2.24, 2.45) is 0 Å². The summed E-state index contributed by atoms with van der Waals surface area (Å²) >= 11 is 0. The predicted octanol–water partition coefficient (Wildman–Crippen LogP) is 8.71. The standard InChI is InChI=1S/C28H57NO3/c1-4-6-8-10-17-21-25-29(31,26-22-18-11-9-7-5-2)27-23-19-15-13-12-14-16-20-24-28(30)32-3/h4-27H2,1-3H3. The summed E-state index contributed by atoms with van der Waals surface area (Å²) in [5.74, 6) is -0.0915. The van der Waals surface area contributed by atoms with Crippen LogP contribution >= 0.6 is 0 Å². The fraction of sp³-hybridized carbons (Fsp3) is 0.964. The van der Waals surface area contributed by atoms with Gasteiger partial charge in [0.05, 0.1) is 26.7 Å². The minimum atomic E-state index is -0.0915. The number of hydrogen-bond acceptors (Lipinski definition) is 3. The third-order valence-electron chi connectivity index (χ3n) is 6.76. The highest BCUT2D eigenvalue weighted by molar-refractivity contribution is 5.68. The summed E-state index contributed by atoms with van der Waals surface area (Å²) in [6.45, 7) is 7.00. The van der Waals surface area contributed by atoms with Crippen LogP contribution in [0.3, 0.4) is 0 Å². The van der Waals surface area contributed by atoms with Crippen LogP contribution in [-0.2, 0) is 9.53 Å². The molecule has 0 aliphatic heterocycles. The van der Waals surface area contributed by atoms with Gasteiger partial charge in [0, 0.05) is 6.42 Å². The van der Waals surface area contributed by atoms with Gasteiger partial charge in [0.1, 0.15) is 0 Å². The molecule has 0 bridgehead atoms. The van der Waals surface area contributed by atoms with Crippen molar-refractivity contribution in [1.29, 1.82) is 0 Å². The van der Waals surface area contributed by atoms with Gasteiger partial charge in [-0.3, -0.25) is 4.79 Å². The molecule has 0 atom stereocenters. The van der Waals surface area contributed by atoms with E-state index in [1.807, 2.05) is 0 Å². The smallest absolute Gasteiger partial charge is 0.305 e. The Bertz CT molecular complexity index is 384. The monoisotopic (exact) mass is 455 g/mol. The first-order valence-corrected chi connectivity index (χ1v) is 14.2. The largest absolute Gasteiger partial charge is 0.633 e. The Hall–Kier alpha value is -0.610. The quantitative estimate of drug-likeness (QED) is 0.0598. The van der Waals surface area contributed by atoms with Crippen molar-refractivity contribution < 1.29 is 14.2 Å². The maximum absolute atomic E-state index is 13.5. The van der Waals surface area contributed by atoms with Gasteiger partial charge < -0.3 is 14.6 Å². The first kappa shape index (κ1) is 31.4. The molecular weight excluding hydrogens is 398 g/mol. The molecule has 0 aromatic heterocycles. The van der Waals surface area contributed by atoms with Crippen LogP contribution in [0.4, 0.5) is 0 Å². The molecule has 0 saturated heterocycles. The lowest BCUT2D eigenvalue weighted by molar-refractivity contribution is -0.881. The van der Waals surface area contributed by atoms with E-state index in [4.69, 9.17) is 0 Å². The molecule has 4 heteroatoms. The number of rotatable bonds is 25. The Morgan fingerprint density at radius 2 is 0.875 bits per heavy atom. The Labute approximate surface area is 201 Å². The molecule has 32 heavy (non-hydrogen) atoms. The molecule has 0 N–H and O–H groups in total. The minimum Gasteiger partial charge on any atom is -0.633 e. The van der Waals surface area contributed by atoms with E-state index in [0.29, 0.717) is 6.42 Å². The van der Waals surface area contributed by atoms with Crippen LogP contribution in [0.5, 0.6) is 0 Å². The summed E-state index contributed by atoms with van der Waals surface area (Å²) < 4.78 is 4.74. The van der Waals surface area contributed by atoms with E-state index < -0.39 is 0 Å². The van der Waals surface area contributed by atoms with Gasteiger partial charge in [-0.05, 0) is 44.9 Å². The van der Waals surface area contributed by atoms with Crippen LogP contribution < -0.4 is 0 Å². The summed E-state index contributed by atoms with van der Waals surface area (Å²) in [7, 11) is 1.46. The van der Waals surface area contributed by atoms with Gasteiger partial charge in [0.2, 0.25) is 0 Å². The number of methoxy groups -OCH3 is 1. The van der Waals surface area contributed by atoms with Gasteiger partial charge in [-0.15, -0.1) is 0 Å². The lowest BCUT2D eigenvalue weighted by Gasteiger charge is -2.43. The minimum absolute atomic E-state index is 0.0646. The second-order valence-corrected chi connectivity index (χ2v) is 9.92. The number of hydroxylamine groups is 3. The summed E-state index contributed by atoms with van der Waals surface area (Å²) in [5, 5.41) is 13.5. The Kier molecular flexibility index (Phi) is 23.1. The van der Waals surface area contributed by atoms with Gasteiger partial charge in [0.15, 0.2) is 0 Å². The molecule has 0 saturated carbocycles. The number of quaternary nitrogens is 1. The zero-order chi connectivity index (χ0) is 23.8. The average molecular weight is 456 g/mol. The number of nitrogens with zero attached hydrogens (tertiary/aromatic N) is 1. The number of unbranched alkanes of at least 4 members (excludes halogenated alkanes) is 17. The fourth-order valence-corrected chi connectivity index (χ4v) is 4.53. The molecule has 0 spiro atoms. The molecule has 0 aromatic rings. The van der Waals surface area contributed by atoms with Crippen LogP contribution in [0.2, 0.25) is 0 Å². The van der Waals surface area contributed by atoms with Crippen LogP contribution in [0.25, 0.3) is 0 Å². The number of carbonyl (C=O) groups is 1. The molecule has 192 valence electrons. The van der Waals surface area contributed by atoms with E-state index in [1.54, 1.807) is 0 Å². The lowest BCUT2D eigenvalue weighted by atomic mass is 10.1. The molecular formula is C28H57NO3. The van der Waals surface area contributed by atoms with Gasteiger partial charge in [0.25, 0.3) is 0 Å². The number of ether oxygens (including phenoxy) is 1. The highest BCUT2D eigenvalue weighted by Crippen LogP contribution is 2.17. The molecule has 0 aromatic carbocycles. The molecule has 0 aliphatic carbocycles. The zero-order valence-electron chi connectivity index (χ0n) is 22.1. The van der Waals surface area contributed by atoms with Gasteiger partial charge in [-0.1, -0.05) is 97.3 Å². The normalized spacial score (nSPS) is 11.8. The first-order chi connectivity index (χ1) is 15.6. The molecule has 0 heterocycles. The van der Waals surface area contributed by atoms with E-state index in [0.717, 1.165) is 51.7 Å². The van der Waals surface area contributed by atoms with Crippen LogP contribution in [-0.4, -0.2) is 37.4 Å². The van der Waals surface area contributed by atoms with E-state index in [2.05, 4.69) is 18.6 Å². The topological polar surface area (TPSA) is 49.4 Å². The van der Waals surface area contributed by atoms with Crippen LogP contribution in [0.15, 0.2) is 0 Å². The van der Waals surface area contributed by atoms with E-state index in [9.17, 15) is 10.0 Å². The summed E-state index contributed by atoms with van der Waals surface area (Å²) in [5.41, 5.74) is 0. The van der Waals surface area contributed by atoms with E-state index >= 15 is 0 Å². The second kappa shape index (κ2) is 23.5. The Morgan fingerprint density at radius 1 is 0.562 bits per heavy atom. The lowest BCUT2D eigenvalue weighted by Crippen LogP contribution is -2.44. The average Bonchev–Trinajstić information content (AvgIpc) is 2.79. The molecule has 0 rings (SSSR count). The molecule has 0 unspecified atom stereocenters. The number of esters is 1. The van der Waals surface area contributed by atoms with Crippen molar-refractivity contribution in [3.8, 4) is 0 Å².